The Bertz CT molecular complexity index is 554. The third-order valence-corrected chi connectivity index (χ3v) is 3.02. The monoisotopic (exact) mass is 262 g/mol. The van der Waals surface area contributed by atoms with Crippen molar-refractivity contribution in [3.05, 3.63) is 23.8 Å². The molecule has 3 N–H and O–H groups in total. The molecule has 0 radical (unpaired) electrons. The van der Waals surface area contributed by atoms with Crippen LogP contribution in [-0.4, -0.2) is 22.9 Å². The Morgan fingerprint density at radius 3 is 2.84 bits per heavy atom. The minimum Gasteiger partial charge on any atom is -0.481 e. The number of amides is 2. The van der Waals surface area contributed by atoms with Gasteiger partial charge in [0.2, 0.25) is 11.8 Å². The Labute approximate surface area is 109 Å². The molecule has 6 nitrogen and oxygen atoms in total. The lowest BCUT2D eigenvalue weighted by molar-refractivity contribution is -0.145. The molecular formula is C13H14N2O4. The quantitative estimate of drug-likeness (QED) is 0.711. The van der Waals surface area contributed by atoms with E-state index in [-0.39, 0.29) is 18.7 Å². The van der Waals surface area contributed by atoms with E-state index in [4.69, 9.17) is 5.11 Å². The molecule has 1 aromatic rings. The number of carboxylic acids is 1. The van der Waals surface area contributed by atoms with Gasteiger partial charge in [-0.05, 0) is 30.2 Å². The fourth-order valence-corrected chi connectivity index (χ4v) is 2.01. The number of aliphatic carboxylic acids is 1. The van der Waals surface area contributed by atoms with Crippen LogP contribution in [-0.2, 0) is 20.8 Å². The molecule has 2 rings (SSSR count). The zero-order chi connectivity index (χ0) is 14.0. The highest BCUT2D eigenvalue weighted by molar-refractivity contribution is 6.05. The fourth-order valence-electron chi connectivity index (χ4n) is 2.01. The average Bonchev–Trinajstić information content (AvgIpc) is 2.68. The van der Waals surface area contributed by atoms with E-state index in [0.717, 1.165) is 11.3 Å². The van der Waals surface area contributed by atoms with Crippen LogP contribution < -0.4 is 10.6 Å². The summed E-state index contributed by atoms with van der Waals surface area (Å²) >= 11 is 0. The smallest absolute Gasteiger partial charge is 0.316 e. The first-order valence-corrected chi connectivity index (χ1v) is 5.97. The van der Waals surface area contributed by atoms with Crippen LogP contribution in [0.1, 0.15) is 18.9 Å². The van der Waals surface area contributed by atoms with Gasteiger partial charge in [0.05, 0.1) is 6.42 Å². The van der Waals surface area contributed by atoms with Crippen LogP contribution in [0.5, 0.6) is 0 Å². The molecule has 1 aliphatic heterocycles. The van der Waals surface area contributed by atoms with Gasteiger partial charge in [0, 0.05) is 11.4 Å². The fraction of sp³-hybridized carbons (Fsp3) is 0.308. The van der Waals surface area contributed by atoms with Gasteiger partial charge in [-0.3, -0.25) is 14.4 Å². The molecule has 1 unspecified atom stereocenters. The second-order valence-electron chi connectivity index (χ2n) is 4.39. The molecule has 0 aromatic heterocycles. The first kappa shape index (κ1) is 13.1. The van der Waals surface area contributed by atoms with Gasteiger partial charge >= 0.3 is 5.97 Å². The number of benzene rings is 1. The summed E-state index contributed by atoms with van der Waals surface area (Å²) in [5.41, 5.74) is 2.03. The summed E-state index contributed by atoms with van der Waals surface area (Å²) in [7, 11) is 0. The van der Waals surface area contributed by atoms with Crippen molar-refractivity contribution in [3.8, 4) is 0 Å². The average molecular weight is 262 g/mol. The molecule has 1 aromatic carbocycles. The van der Waals surface area contributed by atoms with Crippen LogP contribution >= 0.6 is 0 Å². The van der Waals surface area contributed by atoms with Gasteiger partial charge < -0.3 is 15.7 Å². The molecule has 0 spiro atoms. The van der Waals surface area contributed by atoms with E-state index in [1.54, 1.807) is 25.1 Å². The lowest BCUT2D eigenvalue weighted by atomic mass is 10.1. The predicted molar refractivity (Wildman–Crippen MR) is 68.8 cm³/mol. The molecule has 1 heterocycles. The van der Waals surface area contributed by atoms with E-state index in [1.807, 2.05) is 0 Å². The molecule has 1 atom stereocenters. The minimum absolute atomic E-state index is 0.0875. The van der Waals surface area contributed by atoms with Gasteiger partial charge in [-0.25, -0.2) is 0 Å². The summed E-state index contributed by atoms with van der Waals surface area (Å²) in [4.78, 5) is 33.9. The summed E-state index contributed by atoms with van der Waals surface area (Å²) in [5, 5.41) is 14.1. The molecule has 100 valence electrons. The largest absolute Gasteiger partial charge is 0.481 e. The van der Waals surface area contributed by atoms with Crippen LogP contribution in [0.25, 0.3) is 0 Å². The number of fused-ring (bicyclic) bond motifs is 1. The van der Waals surface area contributed by atoms with Crippen molar-refractivity contribution in [1.82, 2.24) is 0 Å². The number of carbonyl (C=O) groups is 3. The van der Waals surface area contributed by atoms with Crippen LogP contribution in [0.2, 0.25) is 0 Å². The number of rotatable bonds is 4. The highest BCUT2D eigenvalue weighted by Crippen LogP contribution is 2.26. The third-order valence-electron chi connectivity index (χ3n) is 3.02. The van der Waals surface area contributed by atoms with Gasteiger partial charge in [-0.15, -0.1) is 0 Å². The van der Waals surface area contributed by atoms with Crippen LogP contribution in [0, 0.1) is 5.92 Å². The van der Waals surface area contributed by atoms with Gasteiger partial charge in [0.25, 0.3) is 0 Å². The predicted octanol–water partition coefficient (Wildman–Crippen LogP) is 1.23. The minimum atomic E-state index is -1.14. The van der Waals surface area contributed by atoms with E-state index < -0.39 is 17.8 Å². The Hall–Kier alpha value is -2.37. The Morgan fingerprint density at radius 1 is 1.47 bits per heavy atom. The second-order valence-corrected chi connectivity index (χ2v) is 4.39. The first-order valence-electron chi connectivity index (χ1n) is 5.97. The first-order chi connectivity index (χ1) is 9.01. The normalized spacial score (nSPS) is 14.5. The Kier molecular flexibility index (Phi) is 3.50. The summed E-state index contributed by atoms with van der Waals surface area (Å²) in [6.45, 7) is 1.64. The van der Waals surface area contributed by atoms with Crippen LogP contribution in [0.15, 0.2) is 18.2 Å². The van der Waals surface area contributed by atoms with Gasteiger partial charge in [0.1, 0.15) is 5.92 Å². The topological polar surface area (TPSA) is 95.5 Å². The maximum absolute atomic E-state index is 11.8. The van der Waals surface area contributed by atoms with E-state index in [1.165, 1.54) is 0 Å². The standard InChI is InChI=1S/C13H14N2O4/c1-2-9(13(18)19)12(17)14-8-3-4-10-7(5-8)6-11(16)15-10/h3-5,9H,2,6H2,1H3,(H,14,17)(H,15,16)(H,18,19). The van der Waals surface area contributed by atoms with Gasteiger partial charge in [-0.1, -0.05) is 6.92 Å². The number of hydrogen-bond acceptors (Lipinski definition) is 3. The van der Waals surface area contributed by atoms with Gasteiger partial charge in [0.15, 0.2) is 0 Å². The molecule has 0 aliphatic carbocycles. The van der Waals surface area contributed by atoms with Crippen molar-refractivity contribution >= 4 is 29.2 Å². The van der Waals surface area contributed by atoms with Crippen LogP contribution in [0.4, 0.5) is 11.4 Å². The van der Waals surface area contributed by atoms with Crippen molar-refractivity contribution in [1.29, 1.82) is 0 Å². The van der Waals surface area contributed by atoms with Crippen LogP contribution in [0.3, 0.4) is 0 Å². The van der Waals surface area contributed by atoms with E-state index in [9.17, 15) is 14.4 Å². The second kappa shape index (κ2) is 5.09. The molecule has 0 saturated heterocycles. The number of anilines is 2. The van der Waals surface area contributed by atoms with Crippen molar-refractivity contribution in [2.24, 2.45) is 5.92 Å². The molecule has 2 amide bonds. The van der Waals surface area contributed by atoms with Crippen molar-refractivity contribution < 1.29 is 19.5 Å². The Balaban J connectivity index is 2.12. The molecule has 1 aliphatic rings. The summed E-state index contributed by atoms with van der Waals surface area (Å²) in [5.74, 6) is -2.84. The summed E-state index contributed by atoms with van der Waals surface area (Å²) in [6, 6.07) is 5.01. The molecule has 19 heavy (non-hydrogen) atoms. The number of nitrogens with one attached hydrogen (secondary N) is 2. The molecule has 6 heteroatoms. The van der Waals surface area contributed by atoms with E-state index >= 15 is 0 Å². The maximum Gasteiger partial charge on any atom is 0.316 e. The highest BCUT2D eigenvalue weighted by Gasteiger charge is 2.24. The molecule has 0 fully saturated rings. The number of carbonyl (C=O) groups excluding carboxylic acids is 2. The van der Waals surface area contributed by atoms with Crippen molar-refractivity contribution in [2.75, 3.05) is 10.6 Å². The molecule has 0 bridgehead atoms. The van der Waals surface area contributed by atoms with E-state index in [2.05, 4.69) is 10.6 Å². The highest BCUT2D eigenvalue weighted by atomic mass is 16.4. The molecule has 0 saturated carbocycles. The zero-order valence-electron chi connectivity index (χ0n) is 10.4. The van der Waals surface area contributed by atoms with Gasteiger partial charge in [-0.2, -0.15) is 0 Å². The Morgan fingerprint density at radius 2 is 2.21 bits per heavy atom. The van der Waals surface area contributed by atoms with Crippen molar-refractivity contribution in [3.63, 3.8) is 0 Å². The van der Waals surface area contributed by atoms with E-state index in [0.29, 0.717) is 5.69 Å². The summed E-state index contributed by atoms with van der Waals surface area (Å²) in [6.07, 6.45) is 0.501. The summed E-state index contributed by atoms with van der Waals surface area (Å²) < 4.78 is 0. The maximum atomic E-state index is 11.8. The SMILES string of the molecule is CCC(C(=O)O)C(=O)Nc1ccc2c(c1)CC(=O)N2. The third kappa shape index (κ3) is 2.73. The lowest BCUT2D eigenvalue weighted by Crippen LogP contribution is -2.28. The number of hydrogen-bond donors (Lipinski definition) is 3. The molecular weight excluding hydrogens is 248 g/mol. The number of carboxylic acid groups (broad SMARTS) is 1. The lowest BCUT2D eigenvalue weighted by Gasteiger charge is -2.11. The van der Waals surface area contributed by atoms with Crippen molar-refractivity contribution in [2.45, 2.75) is 19.8 Å². The zero-order valence-corrected chi connectivity index (χ0v) is 10.4.